The van der Waals surface area contributed by atoms with E-state index in [-0.39, 0.29) is 18.9 Å². The maximum Gasteiger partial charge on any atom is 0.232 e. The van der Waals surface area contributed by atoms with Gasteiger partial charge >= 0.3 is 0 Å². The average Bonchev–Trinajstić information content (AvgIpc) is 2.64. The van der Waals surface area contributed by atoms with E-state index in [0.29, 0.717) is 29.3 Å². The van der Waals surface area contributed by atoms with Crippen molar-refractivity contribution >= 4 is 27.3 Å². The zero-order valence-corrected chi connectivity index (χ0v) is 17.4. The van der Waals surface area contributed by atoms with Crippen molar-refractivity contribution in [3.8, 4) is 11.5 Å². The number of rotatable bonds is 9. The molecule has 7 nitrogen and oxygen atoms in total. The van der Waals surface area contributed by atoms with Gasteiger partial charge in [0, 0.05) is 19.0 Å². The van der Waals surface area contributed by atoms with Gasteiger partial charge in [-0.15, -0.1) is 0 Å². The number of nitrogens with one attached hydrogen (secondary N) is 1. The fourth-order valence-electron chi connectivity index (χ4n) is 2.77. The van der Waals surface area contributed by atoms with Gasteiger partial charge in [0.1, 0.15) is 11.5 Å². The maximum absolute atomic E-state index is 12.3. The first kappa shape index (κ1) is 21.6. The smallest absolute Gasteiger partial charge is 0.232 e. The summed E-state index contributed by atoms with van der Waals surface area (Å²) >= 11 is 0. The minimum atomic E-state index is -3.49. The number of sulfonamides is 1. The molecule has 0 spiro atoms. The largest absolute Gasteiger partial charge is 0.497 e. The van der Waals surface area contributed by atoms with Gasteiger partial charge in [-0.1, -0.05) is 12.1 Å². The maximum atomic E-state index is 12.3. The molecule has 2 rings (SSSR count). The van der Waals surface area contributed by atoms with E-state index in [4.69, 9.17) is 9.47 Å². The van der Waals surface area contributed by atoms with E-state index in [1.165, 1.54) is 11.4 Å². The van der Waals surface area contributed by atoms with Gasteiger partial charge in [0.25, 0.3) is 0 Å². The van der Waals surface area contributed by atoms with Gasteiger partial charge < -0.3 is 14.8 Å². The third-order valence-electron chi connectivity index (χ3n) is 4.14. The second kappa shape index (κ2) is 9.45. The zero-order chi connectivity index (χ0) is 20.7. The summed E-state index contributed by atoms with van der Waals surface area (Å²) in [5.74, 6) is 0.937. The Morgan fingerprint density at radius 2 is 1.86 bits per heavy atom. The van der Waals surface area contributed by atoms with E-state index in [9.17, 15) is 13.2 Å². The zero-order valence-electron chi connectivity index (χ0n) is 16.6. The Morgan fingerprint density at radius 1 is 1.11 bits per heavy atom. The molecule has 0 aliphatic heterocycles. The Morgan fingerprint density at radius 3 is 2.50 bits per heavy atom. The Kier molecular flexibility index (Phi) is 7.28. The molecule has 0 atom stereocenters. The Bertz CT molecular complexity index is 928. The van der Waals surface area contributed by atoms with Crippen LogP contribution >= 0.6 is 0 Å². The third kappa shape index (κ3) is 5.88. The van der Waals surface area contributed by atoms with Crippen molar-refractivity contribution < 1.29 is 22.7 Å². The van der Waals surface area contributed by atoms with Crippen molar-refractivity contribution in [2.75, 3.05) is 36.6 Å². The fraction of sp³-hybridized carbons (Fsp3) is 0.350. The number of ether oxygens (including phenoxy) is 2. The lowest BCUT2D eigenvalue weighted by molar-refractivity contribution is -0.116. The predicted octanol–water partition coefficient (Wildman–Crippen LogP) is 3.20. The number of amides is 1. The molecule has 0 unspecified atom stereocenters. The van der Waals surface area contributed by atoms with Crippen LogP contribution in [-0.2, 0) is 14.8 Å². The summed E-state index contributed by atoms with van der Waals surface area (Å²) in [4.78, 5) is 12.3. The lowest BCUT2D eigenvalue weighted by Crippen LogP contribution is -2.31. The highest BCUT2D eigenvalue weighted by molar-refractivity contribution is 7.92. The molecule has 0 radical (unpaired) electrons. The fourth-order valence-corrected chi connectivity index (χ4v) is 3.72. The van der Waals surface area contributed by atoms with Gasteiger partial charge in [0.15, 0.2) is 0 Å². The van der Waals surface area contributed by atoms with Crippen LogP contribution in [-0.4, -0.2) is 41.3 Å². The van der Waals surface area contributed by atoms with Crippen molar-refractivity contribution in [2.45, 2.75) is 19.8 Å². The van der Waals surface area contributed by atoms with Crippen LogP contribution in [0.1, 0.15) is 18.4 Å². The Labute approximate surface area is 166 Å². The lowest BCUT2D eigenvalue weighted by Gasteiger charge is -2.22. The highest BCUT2D eigenvalue weighted by Crippen LogP contribution is 2.26. The number of benzene rings is 2. The first-order valence-electron chi connectivity index (χ1n) is 8.81. The molecule has 2 aromatic rings. The minimum Gasteiger partial charge on any atom is -0.497 e. The summed E-state index contributed by atoms with van der Waals surface area (Å²) < 4.78 is 36.1. The molecule has 2 aromatic carbocycles. The molecule has 0 aliphatic carbocycles. The van der Waals surface area contributed by atoms with E-state index < -0.39 is 10.0 Å². The Hall–Kier alpha value is -2.74. The van der Waals surface area contributed by atoms with E-state index in [2.05, 4.69) is 5.32 Å². The number of aryl methyl sites for hydroxylation is 1. The topological polar surface area (TPSA) is 84.9 Å². The number of anilines is 2. The summed E-state index contributed by atoms with van der Waals surface area (Å²) in [5, 5.41) is 2.82. The summed E-state index contributed by atoms with van der Waals surface area (Å²) in [6.45, 7) is 2.11. The predicted molar refractivity (Wildman–Crippen MR) is 111 cm³/mol. The number of nitrogens with zero attached hydrogens (tertiary/aromatic N) is 1. The molecule has 0 heterocycles. The highest BCUT2D eigenvalue weighted by atomic mass is 32.2. The first-order valence-corrected chi connectivity index (χ1v) is 10.7. The van der Waals surface area contributed by atoms with Gasteiger partial charge in [-0.2, -0.15) is 0 Å². The second-order valence-electron chi connectivity index (χ2n) is 6.39. The molecule has 1 N–H and O–H groups in total. The first-order chi connectivity index (χ1) is 13.2. The van der Waals surface area contributed by atoms with Gasteiger partial charge in [-0.25, -0.2) is 8.42 Å². The SMILES string of the molecule is COc1cccc(N(CCCC(=O)Nc2cc(C)ccc2OC)S(C)(=O)=O)c1. The van der Waals surface area contributed by atoms with Crippen LogP contribution in [0.15, 0.2) is 42.5 Å². The van der Waals surface area contributed by atoms with E-state index in [0.717, 1.165) is 11.8 Å². The number of hydrogen-bond acceptors (Lipinski definition) is 5. The van der Waals surface area contributed by atoms with Crippen LogP contribution in [0.2, 0.25) is 0 Å². The van der Waals surface area contributed by atoms with Crippen molar-refractivity contribution in [2.24, 2.45) is 0 Å². The summed E-state index contributed by atoms with van der Waals surface area (Å²) in [6.07, 6.45) is 1.68. The molecule has 0 aliphatic rings. The Balaban J connectivity index is 2.02. The van der Waals surface area contributed by atoms with Crippen molar-refractivity contribution in [3.05, 3.63) is 48.0 Å². The van der Waals surface area contributed by atoms with Gasteiger partial charge in [-0.3, -0.25) is 9.10 Å². The normalized spacial score (nSPS) is 11.0. The lowest BCUT2D eigenvalue weighted by atomic mass is 10.2. The molecular weight excluding hydrogens is 380 g/mol. The van der Waals surface area contributed by atoms with E-state index >= 15 is 0 Å². The van der Waals surface area contributed by atoms with Crippen molar-refractivity contribution in [1.82, 2.24) is 0 Å². The highest BCUT2D eigenvalue weighted by Gasteiger charge is 2.18. The number of carbonyl (C=O) groups excluding carboxylic acids is 1. The van der Waals surface area contributed by atoms with Crippen LogP contribution in [0.25, 0.3) is 0 Å². The minimum absolute atomic E-state index is 0.174. The number of carbonyl (C=O) groups is 1. The van der Waals surface area contributed by atoms with Gasteiger partial charge in [0.2, 0.25) is 15.9 Å². The molecule has 1 amide bonds. The van der Waals surface area contributed by atoms with Gasteiger partial charge in [0.05, 0.1) is 31.9 Å². The summed E-state index contributed by atoms with van der Waals surface area (Å²) in [7, 11) is -0.428. The standard InChI is InChI=1S/C20H26N2O5S/c1-15-10-11-19(27-3)18(13-15)21-20(23)9-6-12-22(28(4,24)25)16-7-5-8-17(14-16)26-2/h5,7-8,10-11,13-14H,6,9,12H2,1-4H3,(H,21,23). The average molecular weight is 407 g/mol. The van der Waals surface area contributed by atoms with Crippen LogP contribution in [0.3, 0.4) is 0 Å². The quantitative estimate of drug-likeness (QED) is 0.691. The van der Waals surface area contributed by atoms with Crippen molar-refractivity contribution in [3.63, 3.8) is 0 Å². The number of methoxy groups -OCH3 is 2. The second-order valence-corrected chi connectivity index (χ2v) is 8.30. The number of hydrogen-bond donors (Lipinski definition) is 1. The molecular formula is C20H26N2O5S. The van der Waals surface area contributed by atoms with Crippen LogP contribution in [0, 0.1) is 6.92 Å². The van der Waals surface area contributed by atoms with Crippen LogP contribution in [0.4, 0.5) is 11.4 Å². The molecule has 0 fully saturated rings. The van der Waals surface area contributed by atoms with Crippen LogP contribution in [0.5, 0.6) is 11.5 Å². The monoisotopic (exact) mass is 406 g/mol. The molecule has 0 saturated carbocycles. The van der Waals surface area contributed by atoms with Gasteiger partial charge in [-0.05, 0) is 43.2 Å². The van der Waals surface area contributed by atoms with Crippen molar-refractivity contribution in [1.29, 1.82) is 0 Å². The molecule has 8 heteroatoms. The molecule has 28 heavy (non-hydrogen) atoms. The molecule has 0 bridgehead atoms. The van der Waals surface area contributed by atoms with E-state index in [1.807, 2.05) is 19.1 Å². The van der Waals surface area contributed by atoms with Crippen LogP contribution < -0.4 is 19.1 Å². The molecule has 0 aromatic heterocycles. The molecule has 152 valence electrons. The molecule has 0 saturated heterocycles. The van der Waals surface area contributed by atoms with E-state index in [1.54, 1.807) is 37.4 Å². The summed E-state index contributed by atoms with van der Waals surface area (Å²) in [6, 6.07) is 12.3. The summed E-state index contributed by atoms with van der Waals surface area (Å²) in [5.41, 5.74) is 2.10. The third-order valence-corrected chi connectivity index (χ3v) is 5.33.